The first kappa shape index (κ1) is 11.2. The van der Waals surface area contributed by atoms with Crippen LogP contribution in [0.1, 0.15) is 24.6 Å². The minimum atomic E-state index is 0.227. The number of hydrogen-bond acceptors (Lipinski definition) is 3. The molecule has 1 aliphatic heterocycles. The lowest BCUT2D eigenvalue weighted by atomic mass is 10.0. The van der Waals surface area contributed by atoms with Gasteiger partial charge in [-0.1, -0.05) is 11.6 Å². The summed E-state index contributed by atoms with van der Waals surface area (Å²) >= 11 is 8.12. The van der Waals surface area contributed by atoms with Gasteiger partial charge in [0.15, 0.2) is 5.15 Å². The average Bonchev–Trinajstić information content (AvgIpc) is 2.68. The van der Waals surface area contributed by atoms with Gasteiger partial charge in [0.1, 0.15) is 11.6 Å². The smallest absolute Gasteiger partial charge is 0.155 e. The Kier molecular flexibility index (Phi) is 2.92. The SMILES string of the molecule is Oc1ccn2c(C3CCSCC3)nc(Cl)c2c1. The van der Waals surface area contributed by atoms with Gasteiger partial charge in [0.2, 0.25) is 0 Å². The van der Waals surface area contributed by atoms with Crippen LogP contribution in [0.5, 0.6) is 5.75 Å². The van der Waals surface area contributed by atoms with Gasteiger partial charge in [0.25, 0.3) is 0 Å². The van der Waals surface area contributed by atoms with Crippen molar-refractivity contribution in [3.63, 3.8) is 0 Å². The van der Waals surface area contributed by atoms with Crippen molar-refractivity contribution in [3.05, 3.63) is 29.3 Å². The van der Waals surface area contributed by atoms with Crippen LogP contribution in [0.25, 0.3) is 5.52 Å². The van der Waals surface area contributed by atoms with E-state index in [4.69, 9.17) is 11.6 Å². The summed E-state index contributed by atoms with van der Waals surface area (Å²) < 4.78 is 2.00. The first-order chi connectivity index (χ1) is 8.25. The number of imidazole rings is 1. The molecule has 0 aliphatic carbocycles. The summed E-state index contributed by atoms with van der Waals surface area (Å²) in [6, 6.07) is 3.34. The summed E-state index contributed by atoms with van der Waals surface area (Å²) in [5, 5.41) is 9.95. The number of aromatic hydroxyl groups is 1. The van der Waals surface area contributed by atoms with Gasteiger partial charge in [-0.3, -0.25) is 0 Å². The fourth-order valence-electron chi connectivity index (χ4n) is 2.30. The predicted molar refractivity (Wildman–Crippen MR) is 71.2 cm³/mol. The molecule has 1 saturated heterocycles. The Balaban J connectivity index is 2.10. The summed E-state index contributed by atoms with van der Waals surface area (Å²) in [6.07, 6.45) is 4.16. The Bertz CT molecular complexity index is 549. The van der Waals surface area contributed by atoms with Gasteiger partial charge in [-0.2, -0.15) is 11.8 Å². The van der Waals surface area contributed by atoms with Gasteiger partial charge in [-0.05, 0) is 30.4 Å². The molecule has 17 heavy (non-hydrogen) atoms. The molecular formula is C12H13ClN2OS. The molecule has 0 amide bonds. The second-order valence-corrected chi connectivity index (χ2v) is 5.87. The van der Waals surface area contributed by atoms with Crippen molar-refractivity contribution in [1.29, 1.82) is 0 Å². The van der Waals surface area contributed by atoms with Crippen molar-refractivity contribution in [2.24, 2.45) is 0 Å². The third kappa shape index (κ3) is 2.00. The van der Waals surface area contributed by atoms with Crippen LogP contribution < -0.4 is 0 Å². The van der Waals surface area contributed by atoms with E-state index >= 15 is 0 Å². The standard InChI is InChI=1S/C12H13ClN2OS/c13-11-10-7-9(16)1-4-15(10)12(14-11)8-2-5-17-6-3-8/h1,4,7-8,16H,2-3,5-6H2. The Morgan fingerprint density at radius 3 is 2.94 bits per heavy atom. The third-order valence-electron chi connectivity index (χ3n) is 3.20. The van der Waals surface area contributed by atoms with E-state index in [2.05, 4.69) is 4.98 Å². The normalized spacial score (nSPS) is 17.7. The molecule has 3 nitrogen and oxygen atoms in total. The van der Waals surface area contributed by atoms with Crippen molar-refractivity contribution >= 4 is 28.9 Å². The van der Waals surface area contributed by atoms with Crippen LogP contribution in [0, 0.1) is 0 Å². The highest BCUT2D eigenvalue weighted by atomic mass is 35.5. The highest BCUT2D eigenvalue weighted by Gasteiger charge is 2.21. The van der Waals surface area contributed by atoms with Crippen LogP contribution in [0.2, 0.25) is 5.15 Å². The maximum absolute atomic E-state index is 9.47. The molecule has 90 valence electrons. The van der Waals surface area contributed by atoms with Crippen molar-refractivity contribution < 1.29 is 5.11 Å². The van der Waals surface area contributed by atoms with Crippen LogP contribution in [0.15, 0.2) is 18.3 Å². The minimum absolute atomic E-state index is 0.227. The zero-order valence-electron chi connectivity index (χ0n) is 9.27. The van der Waals surface area contributed by atoms with Crippen molar-refractivity contribution in [2.75, 3.05) is 11.5 Å². The monoisotopic (exact) mass is 268 g/mol. The predicted octanol–water partition coefficient (Wildman–Crippen LogP) is 3.30. The number of aromatic nitrogens is 2. The van der Waals surface area contributed by atoms with Gasteiger partial charge in [-0.25, -0.2) is 4.98 Å². The molecule has 3 heterocycles. The molecule has 0 bridgehead atoms. The van der Waals surface area contributed by atoms with Crippen LogP contribution in [-0.4, -0.2) is 26.0 Å². The van der Waals surface area contributed by atoms with E-state index in [1.165, 1.54) is 11.5 Å². The largest absolute Gasteiger partial charge is 0.508 e. The molecule has 0 saturated carbocycles. The minimum Gasteiger partial charge on any atom is -0.508 e. The number of pyridine rings is 1. The van der Waals surface area contributed by atoms with E-state index in [-0.39, 0.29) is 5.75 Å². The zero-order chi connectivity index (χ0) is 11.8. The van der Waals surface area contributed by atoms with Gasteiger partial charge >= 0.3 is 0 Å². The summed E-state index contributed by atoms with van der Waals surface area (Å²) in [7, 11) is 0. The summed E-state index contributed by atoms with van der Waals surface area (Å²) in [5.74, 6) is 4.13. The molecule has 0 spiro atoms. The van der Waals surface area contributed by atoms with Crippen LogP contribution in [-0.2, 0) is 0 Å². The lowest BCUT2D eigenvalue weighted by molar-refractivity contribution is 0.475. The number of halogens is 1. The van der Waals surface area contributed by atoms with Crippen molar-refractivity contribution in [3.8, 4) is 5.75 Å². The fraction of sp³-hybridized carbons (Fsp3) is 0.417. The lowest BCUT2D eigenvalue weighted by Crippen LogP contribution is -2.11. The number of thioether (sulfide) groups is 1. The van der Waals surface area contributed by atoms with E-state index in [9.17, 15) is 5.11 Å². The molecule has 1 N–H and O–H groups in total. The molecule has 0 radical (unpaired) electrons. The van der Waals surface area contributed by atoms with Gasteiger partial charge in [0.05, 0.1) is 5.52 Å². The van der Waals surface area contributed by atoms with Crippen LogP contribution >= 0.6 is 23.4 Å². The number of hydrogen-bond donors (Lipinski definition) is 1. The van der Waals surface area contributed by atoms with E-state index in [1.807, 2.05) is 22.4 Å². The Hall–Kier alpha value is -0.870. The molecule has 1 aliphatic rings. The topological polar surface area (TPSA) is 37.5 Å². The van der Waals surface area contributed by atoms with E-state index in [0.717, 1.165) is 24.2 Å². The van der Waals surface area contributed by atoms with Gasteiger partial charge < -0.3 is 9.51 Å². The maximum atomic E-state index is 9.47. The van der Waals surface area contributed by atoms with E-state index in [0.29, 0.717) is 11.1 Å². The Labute approximate surface area is 109 Å². The second kappa shape index (κ2) is 4.42. The lowest BCUT2D eigenvalue weighted by Gasteiger charge is -2.20. The fourth-order valence-corrected chi connectivity index (χ4v) is 3.64. The first-order valence-electron chi connectivity index (χ1n) is 5.70. The highest BCUT2D eigenvalue weighted by molar-refractivity contribution is 7.99. The van der Waals surface area contributed by atoms with Gasteiger partial charge in [0, 0.05) is 18.2 Å². The maximum Gasteiger partial charge on any atom is 0.155 e. The Morgan fingerprint density at radius 1 is 1.41 bits per heavy atom. The first-order valence-corrected chi connectivity index (χ1v) is 7.23. The van der Waals surface area contributed by atoms with Gasteiger partial charge in [-0.15, -0.1) is 0 Å². The average molecular weight is 269 g/mol. The summed E-state index contributed by atoms with van der Waals surface area (Å²) in [5.41, 5.74) is 0.792. The second-order valence-electron chi connectivity index (χ2n) is 4.29. The molecule has 0 atom stereocenters. The molecule has 2 aromatic heterocycles. The van der Waals surface area contributed by atoms with Crippen molar-refractivity contribution in [2.45, 2.75) is 18.8 Å². The molecule has 5 heteroatoms. The summed E-state index contributed by atoms with van der Waals surface area (Å²) in [4.78, 5) is 4.46. The van der Waals surface area contributed by atoms with Crippen molar-refractivity contribution in [1.82, 2.24) is 9.38 Å². The Morgan fingerprint density at radius 2 is 2.18 bits per heavy atom. The van der Waals surface area contributed by atoms with Crippen LogP contribution in [0.3, 0.4) is 0 Å². The number of nitrogens with zero attached hydrogens (tertiary/aromatic N) is 2. The third-order valence-corrected chi connectivity index (χ3v) is 4.52. The molecule has 3 rings (SSSR count). The number of fused-ring (bicyclic) bond motifs is 1. The highest BCUT2D eigenvalue weighted by Crippen LogP contribution is 2.33. The number of rotatable bonds is 1. The molecule has 2 aromatic rings. The molecule has 0 aromatic carbocycles. The van der Waals surface area contributed by atoms with E-state index in [1.54, 1.807) is 12.1 Å². The van der Waals surface area contributed by atoms with Crippen LogP contribution in [0.4, 0.5) is 0 Å². The molecule has 1 fully saturated rings. The zero-order valence-corrected chi connectivity index (χ0v) is 10.8. The summed E-state index contributed by atoms with van der Waals surface area (Å²) in [6.45, 7) is 0. The quantitative estimate of drug-likeness (QED) is 0.862. The van der Waals surface area contributed by atoms with E-state index < -0.39 is 0 Å². The molecule has 0 unspecified atom stereocenters. The molecular weight excluding hydrogens is 256 g/mol.